The first-order chi connectivity index (χ1) is 11.5. The highest BCUT2D eigenvalue weighted by atomic mass is 19.1. The zero-order valence-electron chi connectivity index (χ0n) is 13.8. The van der Waals surface area contributed by atoms with E-state index in [0.29, 0.717) is 5.69 Å². The Morgan fingerprint density at radius 1 is 1.04 bits per heavy atom. The summed E-state index contributed by atoms with van der Waals surface area (Å²) < 4.78 is 13.2. The smallest absolute Gasteiger partial charge is 0.247 e. The number of amides is 2. The molecule has 4 nitrogen and oxygen atoms in total. The number of anilines is 1. The molecule has 0 saturated heterocycles. The van der Waals surface area contributed by atoms with Crippen molar-refractivity contribution in [2.24, 2.45) is 5.92 Å². The first-order valence-electron chi connectivity index (χ1n) is 7.85. The first-order valence-corrected chi connectivity index (χ1v) is 7.85. The van der Waals surface area contributed by atoms with Crippen LogP contribution in [0.5, 0.6) is 0 Å². The quantitative estimate of drug-likeness (QED) is 0.856. The van der Waals surface area contributed by atoms with Gasteiger partial charge < -0.3 is 10.6 Å². The second-order valence-electron chi connectivity index (χ2n) is 5.95. The summed E-state index contributed by atoms with van der Waals surface area (Å²) in [6.07, 6.45) is 0.206. The van der Waals surface area contributed by atoms with Gasteiger partial charge in [0.25, 0.3) is 0 Å². The number of rotatable bonds is 6. The molecule has 2 aromatic carbocycles. The molecule has 2 aromatic rings. The second kappa shape index (κ2) is 8.24. The molecule has 2 rings (SSSR count). The summed E-state index contributed by atoms with van der Waals surface area (Å²) in [4.78, 5) is 24.6. The van der Waals surface area contributed by atoms with Crippen LogP contribution < -0.4 is 10.6 Å². The lowest BCUT2D eigenvalue weighted by Crippen LogP contribution is -2.47. The van der Waals surface area contributed by atoms with Crippen molar-refractivity contribution in [1.82, 2.24) is 5.32 Å². The maximum Gasteiger partial charge on any atom is 0.247 e. The highest BCUT2D eigenvalue weighted by Gasteiger charge is 2.24. The van der Waals surface area contributed by atoms with E-state index in [1.807, 2.05) is 44.2 Å². The maximum absolute atomic E-state index is 13.2. The fraction of sp³-hybridized carbons (Fsp3) is 0.263. The van der Waals surface area contributed by atoms with Crippen LogP contribution in [0.1, 0.15) is 19.4 Å². The summed E-state index contributed by atoms with van der Waals surface area (Å²) in [6.45, 7) is 3.69. The monoisotopic (exact) mass is 328 g/mol. The van der Waals surface area contributed by atoms with E-state index in [2.05, 4.69) is 10.6 Å². The van der Waals surface area contributed by atoms with Crippen LogP contribution in [0.2, 0.25) is 0 Å². The van der Waals surface area contributed by atoms with E-state index in [1.165, 1.54) is 18.2 Å². The molecule has 0 bridgehead atoms. The van der Waals surface area contributed by atoms with E-state index >= 15 is 0 Å². The molecule has 0 heterocycles. The van der Waals surface area contributed by atoms with Gasteiger partial charge in [-0.3, -0.25) is 9.59 Å². The molecule has 0 aliphatic carbocycles. The van der Waals surface area contributed by atoms with Crippen molar-refractivity contribution in [2.45, 2.75) is 26.3 Å². The van der Waals surface area contributed by atoms with E-state index < -0.39 is 11.9 Å². The third-order valence-corrected chi connectivity index (χ3v) is 3.57. The van der Waals surface area contributed by atoms with Gasteiger partial charge in [-0.15, -0.1) is 0 Å². The van der Waals surface area contributed by atoms with Crippen LogP contribution in [-0.2, 0) is 16.0 Å². The number of halogens is 1. The Kier molecular flexibility index (Phi) is 6.07. The Bertz CT molecular complexity index is 702. The minimum Gasteiger partial charge on any atom is -0.344 e. The van der Waals surface area contributed by atoms with Crippen molar-refractivity contribution >= 4 is 17.5 Å². The predicted octanol–water partition coefficient (Wildman–Crippen LogP) is 3.15. The molecule has 0 fully saturated rings. The molecular weight excluding hydrogens is 307 g/mol. The Hall–Kier alpha value is -2.69. The fourth-order valence-corrected chi connectivity index (χ4v) is 2.33. The van der Waals surface area contributed by atoms with Crippen molar-refractivity contribution in [3.63, 3.8) is 0 Å². The summed E-state index contributed by atoms with van der Waals surface area (Å²) in [5.74, 6) is -1.12. The number of nitrogens with one attached hydrogen (secondary N) is 2. The van der Waals surface area contributed by atoms with Gasteiger partial charge in [-0.05, 0) is 29.7 Å². The van der Waals surface area contributed by atoms with Crippen molar-refractivity contribution in [3.8, 4) is 0 Å². The van der Waals surface area contributed by atoms with Gasteiger partial charge in [0.1, 0.15) is 11.9 Å². The molecule has 2 N–H and O–H groups in total. The first kappa shape index (κ1) is 17.7. The fourth-order valence-electron chi connectivity index (χ4n) is 2.33. The molecule has 5 heteroatoms. The Balaban J connectivity index is 2.00. The molecule has 0 radical (unpaired) electrons. The van der Waals surface area contributed by atoms with E-state index in [9.17, 15) is 14.0 Å². The molecule has 2 amide bonds. The van der Waals surface area contributed by atoms with Crippen LogP contribution in [0.15, 0.2) is 54.6 Å². The normalized spacial score (nSPS) is 11.8. The van der Waals surface area contributed by atoms with Crippen LogP contribution in [0, 0.1) is 11.7 Å². The predicted molar refractivity (Wildman–Crippen MR) is 91.9 cm³/mol. The van der Waals surface area contributed by atoms with Gasteiger partial charge in [0.05, 0.1) is 6.42 Å². The van der Waals surface area contributed by atoms with Crippen LogP contribution in [0.25, 0.3) is 0 Å². The standard InChI is InChI=1S/C19H21FN2O2/c1-13(2)18(19(24)21-16-10-6-9-15(20)12-16)22-17(23)11-14-7-4-3-5-8-14/h3-10,12-13,18H,11H2,1-2H3,(H,21,24)(H,22,23). The topological polar surface area (TPSA) is 58.2 Å². The van der Waals surface area contributed by atoms with Gasteiger partial charge in [0, 0.05) is 5.69 Å². The molecule has 0 spiro atoms. The van der Waals surface area contributed by atoms with Gasteiger partial charge in [0.2, 0.25) is 11.8 Å². The van der Waals surface area contributed by atoms with E-state index in [0.717, 1.165) is 5.56 Å². The lowest BCUT2D eigenvalue weighted by Gasteiger charge is -2.22. The van der Waals surface area contributed by atoms with Crippen molar-refractivity contribution in [1.29, 1.82) is 0 Å². The molecule has 0 saturated carbocycles. The molecular formula is C19H21FN2O2. The molecule has 24 heavy (non-hydrogen) atoms. The average Bonchev–Trinajstić information content (AvgIpc) is 2.53. The summed E-state index contributed by atoms with van der Waals surface area (Å²) >= 11 is 0. The maximum atomic E-state index is 13.2. The number of carbonyl (C=O) groups excluding carboxylic acids is 2. The Morgan fingerprint density at radius 2 is 1.75 bits per heavy atom. The van der Waals surface area contributed by atoms with Gasteiger partial charge in [0.15, 0.2) is 0 Å². The van der Waals surface area contributed by atoms with Crippen LogP contribution in [0.4, 0.5) is 10.1 Å². The van der Waals surface area contributed by atoms with Crippen molar-refractivity contribution < 1.29 is 14.0 Å². The number of hydrogen-bond donors (Lipinski definition) is 2. The Labute approximate surface area is 141 Å². The lowest BCUT2D eigenvalue weighted by molar-refractivity contribution is -0.127. The minimum atomic E-state index is -0.690. The largest absolute Gasteiger partial charge is 0.344 e. The van der Waals surface area contributed by atoms with Crippen LogP contribution in [-0.4, -0.2) is 17.9 Å². The third kappa shape index (κ3) is 5.19. The Morgan fingerprint density at radius 3 is 2.38 bits per heavy atom. The summed E-state index contributed by atoms with van der Waals surface area (Å²) in [6, 6.07) is 14.3. The molecule has 1 unspecified atom stereocenters. The van der Waals surface area contributed by atoms with E-state index in [-0.39, 0.29) is 24.2 Å². The number of benzene rings is 2. The number of carbonyl (C=O) groups is 2. The molecule has 0 aliphatic rings. The zero-order valence-corrected chi connectivity index (χ0v) is 13.8. The van der Waals surface area contributed by atoms with Crippen molar-refractivity contribution in [3.05, 3.63) is 66.0 Å². The van der Waals surface area contributed by atoms with Crippen molar-refractivity contribution in [2.75, 3.05) is 5.32 Å². The van der Waals surface area contributed by atoms with Gasteiger partial charge in [-0.1, -0.05) is 50.2 Å². The SMILES string of the molecule is CC(C)C(NC(=O)Cc1ccccc1)C(=O)Nc1cccc(F)c1. The minimum absolute atomic E-state index is 0.0988. The molecule has 0 aromatic heterocycles. The summed E-state index contributed by atoms with van der Waals surface area (Å²) in [7, 11) is 0. The molecule has 0 aliphatic heterocycles. The second-order valence-corrected chi connectivity index (χ2v) is 5.95. The molecule has 126 valence electrons. The van der Waals surface area contributed by atoms with E-state index in [4.69, 9.17) is 0 Å². The number of hydrogen-bond acceptors (Lipinski definition) is 2. The van der Waals surface area contributed by atoms with Gasteiger partial charge in [-0.25, -0.2) is 4.39 Å². The lowest BCUT2D eigenvalue weighted by atomic mass is 10.0. The zero-order chi connectivity index (χ0) is 17.5. The highest BCUT2D eigenvalue weighted by Crippen LogP contribution is 2.12. The summed E-state index contributed by atoms with van der Waals surface area (Å²) in [5, 5.41) is 5.39. The van der Waals surface area contributed by atoms with E-state index in [1.54, 1.807) is 6.07 Å². The van der Waals surface area contributed by atoms with Crippen LogP contribution >= 0.6 is 0 Å². The summed E-state index contributed by atoms with van der Waals surface area (Å²) in [5.41, 5.74) is 1.24. The third-order valence-electron chi connectivity index (χ3n) is 3.57. The van der Waals surface area contributed by atoms with Gasteiger partial charge >= 0.3 is 0 Å². The molecule has 1 atom stereocenters. The van der Waals surface area contributed by atoms with Crippen LogP contribution in [0.3, 0.4) is 0 Å². The van der Waals surface area contributed by atoms with Gasteiger partial charge in [-0.2, -0.15) is 0 Å². The average molecular weight is 328 g/mol. The highest BCUT2D eigenvalue weighted by molar-refractivity contribution is 5.97.